The van der Waals surface area contributed by atoms with Crippen molar-refractivity contribution in [2.45, 2.75) is 45.4 Å². The Labute approximate surface area is 109 Å². The number of carbonyl (C=O) groups is 3. The summed E-state index contributed by atoms with van der Waals surface area (Å²) in [5.74, 6) is -1.83. The van der Waals surface area contributed by atoms with E-state index < -0.39 is 42.5 Å². The molecule has 19 heavy (non-hydrogen) atoms. The molecule has 0 aromatic carbocycles. The summed E-state index contributed by atoms with van der Waals surface area (Å²) in [6.45, 7) is 3.30. The highest BCUT2D eigenvalue weighted by atomic mass is 16.7. The Balaban J connectivity index is 2.76. The Morgan fingerprint density at radius 2 is 1.53 bits per heavy atom. The Hall–Kier alpha value is -1.67. The molecule has 0 amide bonds. The van der Waals surface area contributed by atoms with E-state index in [1.165, 1.54) is 13.8 Å². The molecule has 0 saturated carbocycles. The number of aliphatic hydroxyl groups excluding tert-OH is 1. The van der Waals surface area contributed by atoms with Crippen LogP contribution in [-0.2, 0) is 33.3 Å². The minimum atomic E-state index is -1.45. The molecular weight excluding hydrogens is 260 g/mol. The van der Waals surface area contributed by atoms with Crippen molar-refractivity contribution >= 4 is 17.9 Å². The molecule has 1 saturated heterocycles. The zero-order chi connectivity index (χ0) is 14.6. The van der Waals surface area contributed by atoms with Gasteiger partial charge in [-0.3, -0.25) is 14.4 Å². The normalized spacial score (nSPS) is 29.7. The number of aliphatic hydroxyl groups is 1. The Bertz CT molecular complexity index is 366. The first-order chi connectivity index (χ1) is 8.81. The zero-order valence-corrected chi connectivity index (χ0v) is 10.8. The number of rotatable bonds is 4. The molecule has 1 heterocycles. The van der Waals surface area contributed by atoms with Gasteiger partial charge in [-0.15, -0.1) is 0 Å². The van der Waals surface area contributed by atoms with Gasteiger partial charge in [-0.25, -0.2) is 0 Å². The SMILES string of the molecule is CC(=O)OC[C@@H]1O[C@@H](O)C(OC(C)=O)C1OC(C)=O. The summed E-state index contributed by atoms with van der Waals surface area (Å²) >= 11 is 0. The average molecular weight is 276 g/mol. The van der Waals surface area contributed by atoms with E-state index in [-0.39, 0.29) is 6.61 Å². The summed E-state index contributed by atoms with van der Waals surface area (Å²) in [5.41, 5.74) is 0. The molecule has 8 heteroatoms. The highest BCUT2D eigenvalue weighted by Gasteiger charge is 2.48. The van der Waals surface area contributed by atoms with Crippen LogP contribution in [0.4, 0.5) is 0 Å². The van der Waals surface area contributed by atoms with Crippen molar-refractivity contribution in [2.75, 3.05) is 6.61 Å². The molecule has 1 rings (SSSR count). The highest BCUT2D eigenvalue weighted by Crippen LogP contribution is 2.26. The average Bonchev–Trinajstić information content (AvgIpc) is 2.53. The summed E-state index contributed by atoms with van der Waals surface area (Å²) in [6.07, 6.45) is -4.53. The second kappa shape index (κ2) is 6.48. The molecule has 1 aliphatic rings. The second-order valence-corrected chi connectivity index (χ2v) is 4.02. The van der Waals surface area contributed by atoms with Gasteiger partial charge in [0.15, 0.2) is 18.5 Å². The van der Waals surface area contributed by atoms with Gasteiger partial charge in [0.25, 0.3) is 0 Å². The zero-order valence-electron chi connectivity index (χ0n) is 10.8. The number of esters is 3. The van der Waals surface area contributed by atoms with Gasteiger partial charge in [0.2, 0.25) is 0 Å². The number of hydrogen-bond donors (Lipinski definition) is 1. The van der Waals surface area contributed by atoms with Gasteiger partial charge < -0.3 is 24.1 Å². The largest absolute Gasteiger partial charge is 0.463 e. The lowest BCUT2D eigenvalue weighted by atomic mass is 10.1. The van der Waals surface area contributed by atoms with Gasteiger partial charge in [-0.2, -0.15) is 0 Å². The topological polar surface area (TPSA) is 108 Å². The molecular formula is C11H16O8. The van der Waals surface area contributed by atoms with E-state index in [2.05, 4.69) is 0 Å². The molecule has 108 valence electrons. The van der Waals surface area contributed by atoms with Crippen molar-refractivity contribution in [1.82, 2.24) is 0 Å². The Morgan fingerprint density at radius 3 is 2.00 bits per heavy atom. The van der Waals surface area contributed by atoms with Crippen LogP contribution in [0.5, 0.6) is 0 Å². The fourth-order valence-corrected chi connectivity index (χ4v) is 1.69. The van der Waals surface area contributed by atoms with Crippen molar-refractivity contribution in [3.05, 3.63) is 0 Å². The Morgan fingerprint density at radius 1 is 1.00 bits per heavy atom. The molecule has 0 bridgehead atoms. The van der Waals surface area contributed by atoms with Gasteiger partial charge in [0.05, 0.1) is 0 Å². The van der Waals surface area contributed by atoms with Gasteiger partial charge in [0, 0.05) is 20.8 Å². The lowest BCUT2D eigenvalue weighted by molar-refractivity contribution is -0.174. The van der Waals surface area contributed by atoms with E-state index in [1.807, 2.05) is 0 Å². The van der Waals surface area contributed by atoms with Crippen LogP contribution >= 0.6 is 0 Å². The minimum Gasteiger partial charge on any atom is -0.463 e. The molecule has 1 fully saturated rings. The van der Waals surface area contributed by atoms with E-state index in [9.17, 15) is 19.5 Å². The predicted molar refractivity (Wildman–Crippen MR) is 58.6 cm³/mol. The maximum absolute atomic E-state index is 11.0. The third kappa shape index (κ3) is 4.49. The molecule has 0 aliphatic carbocycles. The maximum Gasteiger partial charge on any atom is 0.303 e. The molecule has 2 unspecified atom stereocenters. The minimum absolute atomic E-state index is 0.220. The fraction of sp³-hybridized carbons (Fsp3) is 0.727. The van der Waals surface area contributed by atoms with Crippen LogP contribution in [-0.4, -0.2) is 54.2 Å². The lowest BCUT2D eigenvalue weighted by Crippen LogP contribution is -2.41. The van der Waals surface area contributed by atoms with Gasteiger partial charge in [-0.1, -0.05) is 0 Å². The molecule has 1 aliphatic heterocycles. The first-order valence-electron chi connectivity index (χ1n) is 5.62. The summed E-state index contributed by atoms with van der Waals surface area (Å²) in [6, 6.07) is 0. The smallest absolute Gasteiger partial charge is 0.303 e. The van der Waals surface area contributed by atoms with Crippen LogP contribution in [0.1, 0.15) is 20.8 Å². The number of ether oxygens (including phenoxy) is 4. The first-order valence-corrected chi connectivity index (χ1v) is 5.62. The molecule has 0 radical (unpaired) electrons. The maximum atomic E-state index is 11.0. The van der Waals surface area contributed by atoms with Crippen molar-refractivity contribution in [2.24, 2.45) is 0 Å². The van der Waals surface area contributed by atoms with Crippen LogP contribution in [0.3, 0.4) is 0 Å². The third-order valence-electron chi connectivity index (χ3n) is 2.34. The van der Waals surface area contributed by atoms with Crippen LogP contribution in [0.15, 0.2) is 0 Å². The molecule has 0 aromatic rings. The molecule has 8 nitrogen and oxygen atoms in total. The molecule has 0 aromatic heterocycles. The standard InChI is InChI=1S/C11H16O8/c1-5(12)16-4-8-9(17-6(2)13)10(11(15)19-8)18-7(3)14/h8-11,15H,4H2,1-3H3/t8-,9?,10?,11+/m0/s1. The van der Waals surface area contributed by atoms with Crippen molar-refractivity contribution in [1.29, 1.82) is 0 Å². The van der Waals surface area contributed by atoms with E-state index in [1.54, 1.807) is 0 Å². The van der Waals surface area contributed by atoms with Crippen molar-refractivity contribution in [3.63, 3.8) is 0 Å². The third-order valence-corrected chi connectivity index (χ3v) is 2.34. The summed E-state index contributed by atoms with van der Waals surface area (Å²) < 4.78 is 19.6. The van der Waals surface area contributed by atoms with Crippen molar-refractivity contribution in [3.8, 4) is 0 Å². The van der Waals surface area contributed by atoms with Crippen LogP contribution in [0.2, 0.25) is 0 Å². The quantitative estimate of drug-likeness (QED) is 0.521. The van der Waals surface area contributed by atoms with Crippen molar-refractivity contribution < 1.29 is 38.4 Å². The summed E-state index contributed by atoms with van der Waals surface area (Å²) in [7, 11) is 0. The van der Waals surface area contributed by atoms with E-state index >= 15 is 0 Å². The van der Waals surface area contributed by atoms with E-state index in [4.69, 9.17) is 18.9 Å². The van der Waals surface area contributed by atoms with Crippen LogP contribution < -0.4 is 0 Å². The van der Waals surface area contributed by atoms with E-state index in [0.29, 0.717) is 0 Å². The van der Waals surface area contributed by atoms with E-state index in [0.717, 1.165) is 6.92 Å². The van der Waals surface area contributed by atoms with Gasteiger partial charge >= 0.3 is 17.9 Å². The molecule has 4 atom stereocenters. The van der Waals surface area contributed by atoms with Gasteiger partial charge in [-0.05, 0) is 0 Å². The van der Waals surface area contributed by atoms with Crippen LogP contribution in [0.25, 0.3) is 0 Å². The van der Waals surface area contributed by atoms with Gasteiger partial charge in [0.1, 0.15) is 12.7 Å². The second-order valence-electron chi connectivity index (χ2n) is 4.02. The number of hydrogen-bond acceptors (Lipinski definition) is 8. The first kappa shape index (κ1) is 15.4. The predicted octanol–water partition coefficient (Wildman–Crippen LogP) is -0.870. The lowest BCUT2D eigenvalue weighted by Gasteiger charge is -2.21. The summed E-state index contributed by atoms with van der Waals surface area (Å²) in [4.78, 5) is 32.7. The molecule has 1 N–H and O–H groups in total. The van der Waals surface area contributed by atoms with Crippen LogP contribution in [0, 0.1) is 0 Å². The highest BCUT2D eigenvalue weighted by molar-refractivity contribution is 5.67. The monoisotopic (exact) mass is 276 g/mol. The number of carbonyl (C=O) groups excluding carboxylic acids is 3. The summed E-state index contributed by atoms with van der Waals surface area (Å²) in [5, 5.41) is 9.63. The fourth-order valence-electron chi connectivity index (χ4n) is 1.69. The molecule has 0 spiro atoms. The Kier molecular flexibility index (Phi) is 5.25.